The van der Waals surface area contributed by atoms with Crippen molar-refractivity contribution in [2.24, 2.45) is 5.92 Å². The number of nitrogens with zero attached hydrogens (tertiary/aromatic N) is 1. The second-order valence-electron chi connectivity index (χ2n) is 5.73. The van der Waals surface area contributed by atoms with Crippen molar-refractivity contribution in [3.8, 4) is 0 Å². The molecule has 1 aromatic carbocycles. The summed E-state index contributed by atoms with van der Waals surface area (Å²) in [5.41, 5.74) is -0.554. The molecule has 0 aromatic heterocycles. The van der Waals surface area contributed by atoms with Gasteiger partial charge in [-0.15, -0.1) is 0 Å². The molecule has 2 aliphatic rings. The number of hydrogen-bond donors (Lipinski definition) is 2. The first-order chi connectivity index (χ1) is 10.4. The van der Waals surface area contributed by atoms with Crippen LogP contribution in [0, 0.1) is 5.92 Å². The van der Waals surface area contributed by atoms with Crippen molar-refractivity contribution in [1.29, 1.82) is 0 Å². The molecule has 22 heavy (non-hydrogen) atoms. The van der Waals surface area contributed by atoms with Gasteiger partial charge in [-0.2, -0.15) is 0 Å². The molecule has 1 atom stereocenters. The lowest BCUT2D eigenvalue weighted by atomic mass is 10.1. The lowest BCUT2D eigenvalue weighted by Crippen LogP contribution is -2.46. The molecule has 6 nitrogen and oxygen atoms in total. The van der Waals surface area contributed by atoms with E-state index in [1.54, 1.807) is 24.3 Å². The van der Waals surface area contributed by atoms with E-state index in [-0.39, 0.29) is 24.8 Å². The molecule has 3 rings (SSSR count). The van der Waals surface area contributed by atoms with Crippen molar-refractivity contribution >= 4 is 35.1 Å². The smallest absolute Gasteiger partial charge is 0.329 e. The monoisotopic (exact) mass is 322 g/mol. The van der Waals surface area contributed by atoms with Crippen LogP contribution in [0.5, 0.6) is 0 Å². The van der Waals surface area contributed by atoms with E-state index in [4.69, 9.17) is 16.7 Å². The van der Waals surface area contributed by atoms with E-state index in [1.165, 1.54) is 4.90 Å². The number of carboxylic acids is 1. The van der Waals surface area contributed by atoms with Crippen molar-refractivity contribution in [3.63, 3.8) is 0 Å². The highest BCUT2D eigenvalue weighted by Gasteiger charge is 2.52. The Morgan fingerprint density at radius 3 is 2.59 bits per heavy atom. The van der Waals surface area contributed by atoms with Gasteiger partial charge in [0.2, 0.25) is 11.8 Å². The van der Waals surface area contributed by atoms with E-state index in [0.29, 0.717) is 23.6 Å². The fraction of sp³-hybridized carbons (Fsp3) is 0.400. The Hall–Kier alpha value is -2.08. The SMILES string of the molecule is O=C(NC1(C(=O)O)CC1)[C@@H]1CC(=O)N(c2ccccc2Cl)C1. The van der Waals surface area contributed by atoms with Gasteiger partial charge in [0, 0.05) is 13.0 Å². The molecule has 1 saturated carbocycles. The highest BCUT2D eigenvalue weighted by atomic mass is 35.5. The maximum atomic E-state index is 12.2. The van der Waals surface area contributed by atoms with Gasteiger partial charge in [-0.3, -0.25) is 9.59 Å². The maximum absolute atomic E-state index is 12.2. The van der Waals surface area contributed by atoms with Gasteiger partial charge < -0.3 is 15.3 Å². The van der Waals surface area contributed by atoms with Crippen LogP contribution in [-0.4, -0.2) is 35.0 Å². The Balaban J connectivity index is 1.71. The van der Waals surface area contributed by atoms with E-state index < -0.39 is 17.4 Å². The molecule has 2 N–H and O–H groups in total. The first-order valence-electron chi connectivity index (χ1n) is 7.03. The van der Waals surface area contributed by atoms with Gasteiger partial charge in [-0.1, -0.05) is 23.7 Å². The summed E-state index contributed by atoms with van der Waals surface area (Å²) in [6.07, 6.45) is 0.929. The molecule has 0 bridgehead atoms. The van der Waals surface area contributed by atoms with E-state index in [0.717, 1.165) is 0 Å². The van der Waals surface area contributed by atoms with E-state index >= 15 is 0 Å². The minimum atomic E-state index is -1.13. The van der Waals surface area contributed by atoms with Crippen LogP contribution < -0.4 is 10.2 Å². The summed E-state index contributed by atoms with van der Waals surface area (Å²) in [6, 6.07) is 6.94. The summed E-state index contributed by atoms with van der Waals surface area (Å²) >= 11 is 6.08. The number of carbonyl (C=O) groups is 3. The topological polar surface area (TPSA) is 86.7 Å². The van der Waals surface area contributed by atoms with Crippen molar-refractivity contribution < 1.29 is 19.5 Å². The predicted octanol–water partition coefficient (Wildman–Crippen LogP) is 1.43. The van der Waals surface area contributed by atoms with Crippen LogP contribution in [-0.2, 0) is 14.4 Å². The zero-order valence-corrected chi connectivity index (χ0v) is 12.5. The number of hydrogen-bond acceptors (Lipinski definition) is 3. The average Bonchev–Trinajstić information content (AvgIpc) is 3.15. The van der Waals surface area contributed by atoms with Gasteiger partial charge in [0.05, 0.1) is 16.6 Å². The van der Waals surface area contributed by atoms with Gasteiger partial charge in [0.15, 0.2) is 0 Å². The average molecular weight is 323 g/mol. The molecule has 2 fully saturated rings. The summed E-state index contributed by atoms with van der Waals surface area (Å²) in [6.45, 7) is 0.212. The fourth-order valence-corrected chi connectivity index (χ4v) is 2.88. The number of benzene rings is 1. The summed E-state index contributed by atoms with van der Waals surface area (Å²) in [7, 11) is 0. The molecule has 1 heterocycles. The van der Waals surface area contributed by atoms with E-state index in [9.17, 15) is 14.4 Å². The molecular formula is C15H15ClN2O4. The van der Waals surface area contributed by atoms with Crippen molar-refractivity contribution in [2.75, 3.05) is 11.4 Å². The van der Waals surface area contributed by atoms with Gasteiger partial charge in [0.1, 0.15) is 5.54 Å². The van der Waals surface area contributed by atoms with Gasteiger partial charge in [0.25, 0.3) is 0 Å². The molecule has 0 unspecified atom stereocenters. The lowest BCUT2D eigenvalue weighted by molar-refractivity contribution is -0.143. The molecule has 1 saturated heterocycles. The molecule has 7 heteroatoms. The largest absolute Gasteiger partial charge is 0.480 e. The first kappa shape index (κ1) is 14.8. The minimum absolute atomic E-state index is 0.0623. The van der Waals surface area contributed by atoms with E-state index in [2.05, 4.69) is 5.32 Å². The zero-order chi connectivity index (χ0) is 15.9. The van der Waals surface area contributed by atoms with Crippen LogP contribution in [0.3, 0.4) is 0 Å². The Bertz CT molecular complexity index is 657. The first-order valence-corrected chi connectivity index (χ1v) is 7.41. The normalized spacial score (nSPS) is 22.5. The highest BCUT2D eigenvalue weighted by molar-refractivity contribution is 6.33. The van der Waals surface area contributed by atoms with Crippen LogP contribution in [0.4, 0.5) is 5.69 Å². The van der Waals surface area contributed by atoms with Crippen molar-refractivity contribution in [2.45, 2.75) is 24.8 Å². The molecule has 116 valence electrons. The molecule has 1 aliphatic carbocycles. The molecular weight excluding hydrogens is 308 g/mol. The second kappa shape index (κ2) is 5.28. The third-order valence-electron chi connectivity index (χ3n) is 4.16. The maximum Gasteiger partial charge on any atom is 0.329 e. The summed E-state index contributed by atoms with van der Waals surface area (Å²) in [5, 5.41) is 12.1. The Kier molecular flexibility index (Phi) is 3.56. The molecule has 0 spiro atoms. The van der Waals surface area contributed by atoms with Gasteiger partial charge in [-0.05, 0) is 25.0 Å². The third kappa shape index (κ3) is 2.54. The number of halogens is 1. The summed E-state index contributed by atoms with van der Waals surface area (Å²) in [4.78, 5) is 37.0. The number of rotatable bonds is 4. The van der Waals surface area contributed by atoms with Gasteiger partial charge >= 0.3 is 5.97 Å². The molecule has 2 amide bonds. The summed E-state index contributed by atoms with van der Waals surface area (Å²) < 4.78 is 0. The Morgan fingerprint density at radius 1 is 1.32 bits per heavy atom. The van der Waals surface area contributed by atoms with Gasteiger partial charge in [-0.25, -0.2) is 4.79 Å². The predicted molar refractivity (Wildman–Crippen MR) is 79.7 cm³/mol. The number of carboxylic acid groups (broad SMARTS) is 1. The van der Waals surface area contributed by atoms with Crippen LogP contribution in [0.25, 0.3) is 0 Å². The van der Waals surface area contributed by atoms with Crippen LogP contribution in [0.2, 0.25) is 5.02 Å². The number of carbonyl (C=O) groups excluding carboxylic acids is 2. The number of amides is 2. The highest BCUT2D eigenvalue weighted by Crippen LogP contribution is 2.37. The standard InChI is InChI=1S/C15H15ClN2O4/c16-10-3-1-2-4-11(10)18-8-9(7-12(18)19)13(20)17-15(5-6-15)14(21)22/h1-4,9H,5-8H2,(H,17,20)(H,21,22)/t9-/m1/s1. The van der Waals surface area contributed by atoms with Crippen molar-refractivity contribution in [1.82, 2.24) is 5.32 Å². The number of anilines is 1. The minimum Gasteiger partial charge on any atom is -0.480 e. The Labute approximate surface area is 132 Å². The number of aliphatic carboxylic acids is 1. The van der Waals surface area contributed by atoms with Crippen LogP contribution in [0.15, 0.2) is 24.3 Å². The molecule has 1 aromatic rings. The summed E-state index contributed by atoms with van der Waals surface area (Å²) in [5.74, 6) is -2.15. The lowest BCUT2D eigenvalue weighted by Gasteiger charge is -2.19. The second-order valence-corrected chi connectivity index (χ2v) is 6.14. The van der Waals surface area contributed by atoms with E-state index in [1.807, 2.05) is 0 Å². The number of para-hydroxylation sites is 1. The number of nitrogens with one attached hydrogen (secondary N) is 1. The Morgan fingerprint density at radius 2 is 2.00 bits per heavy atom. The van der Waals surface area contributed by atoms with Crippen molar-refractivity contribution in [3.05, 3.63) is 29.3 Å². The van der Waals surface area contributed by atoms with Crippen LogP contribution >= 0.6 is 11.6 Å². The fourth-order valence-electron chi connectivity index (χ4n) is 2.64. The quantitative estimate of drug-likeness (QED) is 0.878. The molecule has 0 radical (unpaired) electrons. The van der Waals surface area contributed by atoms with Crippen LogP contribution in [0.1, 0.15) is 19.3 Å². The molecule has 1 aliphatic heterocycles. The zero-order valence-electron chi connectivity index (χ0n) is 11.7. The third-order valence-corrected chi connectivity index (χ3v) is 4.48.